The first-order valence-corrected chi connectivity index (χ1v) is 4.45. The molecule has 0 atom stereocenters. The summed E-state index contributed by atoms with van der Waals surface area (Å²) >= 11 is 0. The van der Waals surface area contributed by atoms with E-state index in [1.165, 1.54) is 0 Å². The summed E-state index contributed by atoms with van der Waals surface area (Å²) in [5.41, 5.74) is 4.83. The molecule has 0 saturated carbocycles. The molecule has 16 heavy (non-hydrogen) atoms. The first-order valence-electron chi connectivity index (χ1n) is 4.45. The highest BCUT2D eigenvalue weighted by Crippen LogP contribution is 2.16. The normalized spacial score (nSPS) is 13.1. The lowest BCUT2D eigenvalue weighted by atomic mass is 10.1. The van der Waals surface area contributed by atoms with E-state index in [9.17, 15) is 13.2 Å². The molecule has 1 aromatic heterocycles. The molecule has 5 nitrogen and oxygen atoms in total. The van der Waals surface area contributed by atoms with Gasteiger partial charge in [-0.1, -0.05) is 5.16 Å². The van der Waals surface area contributed by atoms with Gasteiger partial charge in [0.25, 0.3) is 0 Å². The topological polar surface area (TPSA) is 74.2 Å². The summed E-state index contributed by atoms with van der Waals surface area (Å²) in [7, 11) is 0. The van der Waals surface area contributed by atoms with Crippen LogP contribution >= 0.6 is 0 Å². The van der Waals surface area contributed by atoms with Gasteiger partial charge in [-0.3, -0.25) is 0 Å². The van der Waals surface area contributed by atoms with Crippen molar-refractivity contribution in [2.75, 3.05) is 6.61 Å². The highest BCUT2D eigenvalue weighted by molar-refractivity contribution is 4.96. The van der Waals surface area contributed by atoms with Crippen LogP contribution in [0.4, 0.5) is 13.2 Å². The van der Waals surface area contributed by atoms with Gasteiger partial charge in [0.1, 0.15) is 13.2 Å². The highest BCUT2D eigenvalue weighted by atomic mass is 19.4. The molecule has 1 aromatic rings. The van der Waals surface area contributed by atoms with E-state index in [4.69, 9.17) is 10.3 Å². The fourth-order valence-corrected chi connectivity index (χ4v) is 0.832. The maximum atomic E-state index is 11.7. The molecule has 0 aliphatic rings. The van der Waals surface area contributed by atoms with E-state index in [-0.39, 0.29) is 18.3 Å². The molecular formula is C8H12F3N3O2. The molecule has 0 bridgehead atoms. The van der Waals surface area contributed by atoms with Crippen LogP contribution in [0.3, 0.4) is 0 Å². The van der Waals surface area contributed by atoms with E-state index in [0.717, 1.165) is 0 Å². The summed E-state index contributed by atoms with van der Waals surface area (Å²) < 4.78 is 44.4. The Kier molecular flexibility index (Phi) is 3.54. The zero-order valence-corrected chi connectivity index (χ0v) is 8.84. The minimum atomic E-state index is -4.36. The fraction of sp³-hybridized carbons (Fsp3) is 0.750. The Morgan fingerprint density at radius 3 is 2.44 bits per heavy atom. The third kappa shape index (κ3) is 4.15. The average molecular weight is 239 g/mol. The summed E-state index contributed by atoms with van der Waals surface area (Å²) in [6, 6.07) is 0. The summed E-state index contributed by atoms with van der Waals surface area (Å²) in [5.74, 6) is 0.191. The minimum Gasteiger partial charge on any atom is -0.364 e. The Morgan fingerprint density at radius 1 is 1.38 bits per heavy atom. The molecule has 0 radical (unpaired) electrons. The van der Waals surface area contributed by atoms with Crippen LogP contribution in [0.2, 0.25) is 0 Å². The largest absolute Gasteiger partial charge is 0.411 e. The molecule has 0 spiro atoms. The van der Waals surface area contributed by atoms with Crippen LogP contribution in [0.25, 0.3) is 0 Å². The summed E-state index contributed by atoms with van der Waals surface area (Å²) in [6.45, 7) is 1.57. The van der Waals surface area contributed by atoms with Crippen LogP contribution in [0, 0.1) is 0 Å². The lowest BCUT2D eigenvalue weighted by molar-refractivity contribution is -0.177. The quantitative estimate of drug-likeness (QED) is 0.858. The van der Waals surface area contributed by atoms with E-state index in [2.05, 4.69) is 14.9 Å². The van der Waals surface area contributed by atoms with Gasteiger partial charge < -0.3 is 15.0 Å². The van der Waals surface area contributed by atoms with Crippen molar-refractivity contribution in [3.8, 4) is 0 Å². The van der Waals surface area contributed by atoms with E-state index in [1.807, 2.05) is 0 Å². The average Bonchev–Trinajstić information content (AvgIpc) is 2.49. The lowest BCUT2D eigenvalue weighted by Crippen LogP contribution is -2.29. The Bertz CT molecular complexity index is 343. The van der Waals surface area contributed by atoms with Crippen LogP contribution < -0.4 is 5.73 Å². The smallest absolute Gasteiger partial charge is 0.364 e. The monoisotopic (exact) mass is 239 g/mol. The molecule has 0 saturated heterocycles. The maximum Gasteiger partial charge on any atom is 0.411 e. The second-order valence-corrected chi connectivity index (χ2v) is 3.85. The molecule has 0 aliphatic carbocycles. The van der Waals surface area contributed by atoms with Crippen LogP contribution in [0.5, 0.6) is 0 Å². The van der Waals surface area contributed by atoms with Crippen LogP contribution in [-0.2, 0) is 16.9 Å². The van der Waals surface area contributed by atoms with Gasteiger partial charge in [0.05, 0.1) is 5.54 Å². The predicted octanol–water partition coefficient (Wildman–Crippen LogP) is 1.34. The van der Waals surface area contributed by atoms with Gasteiger partial charge in [0.2, 0.25) is 5.89 Å². The van der Waals surface area contributed by atoms with Gasteiger partial charge >= 0.3 is 6.18 Å². The molecular weight excluding hydrogens is 227 g/mol. The number of aromatic nitrogens is 2. The fourth-order valence-electron chi connectivity index (χ4n) is 0.832. The SMILES string of the molecule is CC(C)(N)c1nc(COCC(F)(F)F)no1. The number of rotatable bonds is 4. The highest BCUT2D eigenvalue weighted by Gasteiger charge is 2.28. The molecule has 0 unspecified atom stereocenters. The lowest BCUT2D eigenvalue weighted by Gasteiger charge is -2.10. The Balaban J connectivity index is 2.48. The molecule has 0 fully saturated rings. The van der Waals surface area contributed by atoms with Crippen molar-refractivity contribution >= 4 is 0 Å². The summed E-state index contributed by atoms with van der Waals surface area (Å²) in [6.07, 6.45) is -4.36. The summed E-state index contributed by atoms with van der Waals surface area (Å²) in [4.78, 5) is 3.81. The van der Waals surface area contributed by atoms with E-state index in [1.54, 1.807) is 13.8 Å². The molecule has 0 aromatic carbocycles. The van der Waals surface area contributed by atoms with Gasteiger partial charge in [0, 0.05) is 0 Å². The van der Waals surface area contributed by atoms with Gasteiger partial charge in [-0.05, 0) is 13.8 Å². The number of nitrogens with zero attached hydrogens (tertiary/aromatic N) is 2. The van der Waals surface area contributed by atoms with Crippen molar-refractivity contribution in [3.05, 3.63) is 11.7 Å². The molecule has 1 rings (SSSR count). The molecule has 92 valence electrons. The van der Waals surface area contributed by atoms with Crippen molar-refractivity contribution in [1.29, 1.82) is 0 Å². The van der Waals surface area contributed by atoms with Crippen LogP contribution in [0.1, 0.15) is 25.6 Å². The molecule has 0 aliphatic heterocycles. The van der Waals surface area contributed by atoms with Crippen molar-refractivity contribution in [3.63, 3.8) is 0 Å². The maximum absolute atomic E-state index is 11.7. The molecule has 2 N–H and O–H groups in total. The Hall–Kier alpha value is -1.15. The predicted molar refractivity (Wildman–Crippen MR) is 47.2 cm³/mol. The first kappa shape index (κ1) is 12.9. The number of ether oxygens (including phenoxy) is 1. The van der Waals surface area contributed by atoms with E-state index < -0.39 is 18.3 Å². The van der Waals surface area contributed by atoms with Crippen LogP contribution in [-0.4, -0.2) is 22.9 Å². The third-order valence-corrected chi connectivity index (χ3v) is 1.52. The van der Waals surface area contributed by atoms with Crippen molar-refractivity contribution < 1.29 is 22.4 Å². The standard InChI is InChI=1S/C8H12F3N3O2/c1-7(2,12)6-13-5(14-16-6)3-15-4-8(9,10)11/h3-4,12H2,1-2H3. The second-order valence-electron chi connectivity index (χ2n) is 3.85. The van der Waals surface area contributed by atoms with E-state index >= 15 is 0 Å². The van der Waals surface area contributed by atoms with Crippen molar-refractivity contribution in [1.82, 2.24) is 10.1 Å². The first-order chi connectivity index (χ1) is 7.18. The van der Waals surface area contributed by atoms with Gasteiger partial charge in [-0.15, -0.1) is 0 Å². The number of hydrogen-bond acceptors (Lipinski definition) is 5. The summed E-state index contributed by atoms with van der Waals surface area (Å²) in [5, 5.41) is 3.44. The second kappa shape index (κ2) is 4.38. The zero-order valence-electron chi connectivity index (χ0n) is 8.84. The minimum absolute atomic E-state index is 0.0396. The molecule has 1 heterocycles. The number of hydrogen-bond donors (Lipinski definition) is 1. The number of alkyl halides is 3. The van der Waals surface area contributed by atoms with Crippen molar-refractivity contribution in [2.24, 2.45) is 5.73 Å². The van der Waals surface area contributed by atoms with E-state index in [0.29, 0.717) is 0 Å². The third-order valence-electron chi connectivity index (χ3n) is 1.52. The van der Waals surface area contributed by atoms with Crippen molar-refractivity contribution in [2.45, 2.75) is 32.2 Å². The Morgan fingerprint density at radius 2 is 2.00 bits per heavy atom. The molecule has 8 heteroatoms. The number of halogens is 3. The van der Waals surface area contributed by atoms with Crippen LogP contribution in [0.15, 0.2) is 4.52 Å². The molecule has 0 amide bonds. The Labute approximate surface area is 89.8 Å². The van der Waals surface area contributed by atoms with Gasteiger partial charge in [0.15, 0.2) is 5.82 Å². The van der Waals surface area contributed by atoms with Gasteiger partial charge in [-0.2, -0.15) is 18.2 Å². The van der Waals surface area contributed by atoms with Gasteiger partial charge in [-0.25, -0.2) is 0 Å². The zero-order chi connectivity index (χ0) is 12.4. The number of nitrogens with two attached hydrogens (primary N) is 1.